The number of amides is 1. The minimum absolute atomic E-state index is 0. The maximum Gasteiger partial charge on any atom is 0.231 e. The van der Waals surface area contributed by atoms with Gasteiger partial charge in [-0.1, -0.05) is 24.3 Å². The number of halogens is 1. The van der Waals surface area contributed by atoms with Gasteiger partial charge in [0.1, 0.15) is 0 Å². The molecule has 25 heavy (non-hydrogen) atoms. The van der Waals surface area contributed by atoms with Gasteiger partial charge in [0, 0.05) is 25.2 Å². The van der Waals surface area contributed by atoms with Crippen molar-refractivity contribution < 1.29 is 14.3 Å². The highest BCUT2D eigenvalue weighted by atomic mass is 35.5. The summed E-state index contributed by atoms with van der Waals surface area (Å²) in [6, 6.07) is 13.5. The van der Waals surface area contributed by atoms with Crippen LogP contribution in [-0.4, -0.2) is 24.1 Å². The molecule has 0 aliphatic carbocycles. The molecule has 3 rings (SSSR count). The smallest absolute Gasteiger partial charge is 0.231 e. The number of rotatable bonds is 6. The zero-order valence-corrected chi connectivity index (χ0v) is 15.1. The summed E-state index contributed by atoms with van der Waals surface area (Å²) in [5, 5.41) is 0. The van der Waals surface area contributed by atoms with Gasteiger partial charge in [-0.15, -0.1) is 12.4 Å². The molecule has 2 aromatic carbocycles. The van der Waals surface area contributed by atoms with Gasteiger partial charge in [-0.2, -0.15) is 0 Å². The molecule has 0 atom stereocenters. The predicted molar refractivity (Wildman–Crippen MR) is 100 cm³/mol. The molecule has 0 fully saturated rings. The lowest BCUT2D eigenvalue weighted by Gasteiger charge is -2.21. The van der Waals surface area contributed by atoms with E-state index in [1.54, 1.807) is 0 Å². The van der Waals surface area contributed by atoms with Crippen LogP contribution in [0.4, 0.5) is 5.69 Å². The number of benzene rings is 2. The fraction of sp³-hybridized carbons (Fsp3) is 0.316. The summed E-state index contributed by atoms with van der Waals surface area (Å²) < 4.78 is 10.7. The lowest BCUT2D eigenvalue weighted by Crippen LogP contribution is -2.30. The molecule has 0 radical (unpaired) electrons. The van der Waals surface area contributed by atoms with Crippen LogP contribution >= 0.6 is 12.4 Å². The molecule has 2 aromatic rings. The Balaban J connectivity index is 0.00000225. The molecule has 0 aromatic heterocycles. The van der Waals surface area contributed by atoms with Crippen molar-refractivity contribution in [3.63, 3.8) is 0 Å². The zero-order valence-electron chi connectivity index (χ0n) is 14.2. The molecule has 1 amide bonds. The van der Waals surface area contributed by atoms with Crippen molar-refractivity contribution in [2.75, 3.05) is 19.1 Å². The van der Waals surface area contributed by atoms with E-state index in [0.29, 0.717) is 25.9 Å². The number of para-hydroxylation sites is 1. The summed E-state index contributed by atoms with van der Waals surface area (Å²) in [7, 11) is 0. The van der Waals surface area contributed by atoms with Crippen LogP contribution in [0.25, 0.3) is 0 Å². The molecule has 1 aliphatic heterocycles. The molecular formula is C19H23ClN2O3. The lowest BCUT2D eigenvalue weighted by atomic mass is 10.1. The molecule has 2 N–H and O–H groups in total. The van der Waals surface area contributed by atoms with Crippen LogP contribution in [0.3, 0.4) is 0 Å². The summed E-state index contributed by atoms with van der Waals surface area (Å²) in [5.74, 6) is 1.62. The van der Waals surface area contributed by atoms with Crippen molar-refractivity contribution in [3.8, 4) is 11.5 Å². The van der Waals surface area contributed by atoms with Crippen LogP contribution in [0.15, 0.2) is 42.5 Å². The number of aryl methyl sites for hydroxylation is 1. The SMILES string of the molecule is CCN(Cc1ccc2c(c1)OCO2)C(=O)CCc1ccccc1N.Cl. The van der Waals surface area contributed by atoms with Crippen molar-refractivity contribution in [1.29, 1.82) is 0 Å². The van der Waals surface area contributed by atoms with E-state index in [9.17, 15) is 4.79 Å². The number of hydrogen-bond donors (Lipinski definition) is 1. The summed E-state index contributed by atoms with van der Waals surface area (Å²) in [5.41, 5.74) is 8.73. The summed E-state index contributed by atoms with van der Waals surface area (Å²) >= 11 is 0. The van der Waals surface area contributed by atoms with Crippen molar-refractivity contribution in [2.24, 2.45) is 0 Å². The Kier molecular flexibility index (Phi) is 6.53. The molecule has 0 saturated heterocycles. The van der Waals surface area contributed by atoms with Gasteiger partial charge in [-0.05, 0) is 42.7 Å². The van der Waals surface area contributed by atoms with E-state index in [-0.39, 0.29) is 25.1 Å². The first-order valence-electron chi connectivity index (χ1n) is 8.17. The van der Waals surface area contributed by atoms with Crippen molar-refractivity contribution in [3.05, 3.63) is 53.6 Å². The van der Waals surface area contributed by atoms with Gasteiger partial charge < -0.3 is 20.1 Å². The van der Waals surface area contributed by atoms with E-state index in [4.69, 9.17) is 15.2 Å². The molecule has 0 unspecified atom stereocenters. The fourth-order valence-electron chi connectivity index (χ4n) is 2.80. The maximum absolute atomic E-state index is 12.5. The van der Waals surface area contributed by atoms with Crippen LogP contribution in [0.2, 0.25) is 0 Å². The van der Waals surface area contributed by atoms with Gasteiger partial charge in [-0.3, -0.25) is 4.79 Å². The zero-order chi connectivity index (χ0) is 16.9. The number of carbonyl (C=O) groups is 1. The number of anilines is 1. The first-order chi connectivity index (χ1) is 11.7. The van der Waals surface area contributed by atoms with Crippen LogP contribution in [0, 0.1) is 0 Å². The Morgan fingerprint density at radius 1 is 1.16 bits per heavy atom. The van der Waals surface area contributed by atoms with Crippen molar-refractivity contribution >= 4 is 24.0 Å². The molecule has 134 valence electrons. The molecule has 1 aliphatic rings. The maximum atomic E-state index is 12.5. The minimum Gasteiger partial charge on any atom is -0.454 e. The van der Waals surface area contributed by atoms with E-state index < -0.39 is 0 Å². The quantitative estimate of drug-likeness (QED) is 0.800. The third kappa shape index (κ3) is 4.57. The Morgan fingerprint density at radius 3 is 2.68 bits per heavy atom. The van der Waals surface area contributed by atoms with Gasteiger partial charge in [0.15, 0.2) is 11.5 Å². The standard InChI is InChI=1S/C19H22N2O3.ClH/c1-2-21(12-14-7-9-17-18(11-14)24-13-23-17)19(22)10-8-15-5-3-4-6-16(15)20;/h3-7,9,11H,2,8,10,12-13,20H2,1H3;1H. The highest BCUT2D eigenvalue weighted by molar-refractivity contribution is 5.85. The van der Waals surface area contributed by atoms with Crippen LogP contribution < -0.4 is 15.2 Å². The van der Waals surface area contributed by atoms with Gasteiger partial charge in [0.05, 0.1) is 0 Å². The summed E-state index contributed by atoms with van der Waals surface area (Å²) in [6.45, 7) is 3.48. The average molecular weight is 363 g/mol. The lowest BCUT2D eigenvalue weighted by molar-refractivity contribution is -0.131. The van der Waals surface area contributed by atoms with Gasteiger partial charge in [0.25, 0.3) is 0 Å². The Labute approximate surface area is 154 Å². The number of ether oxygens (including phenoxy) is 2. The number of nitrogen functional groups attached to an aromatic ring is 1. The van der Waals surface area contributed by atoms with E-state index in [2.05, 4.69) is 0 Å². The second-order valence-corrected chi connectivity index (χ2v) is 5.79. The topological polar surface area (TPSA) is 64.8 Å². The number of nitrogens with two attached hydrogens (primary N) is 1. The van der Waals surface area contributed by atoms with Gasteiger partial charge in [0.2, 0.25) is 12.7 Å². The summed E-state index contributed by atoms with van der Waals surface area (Å²) in [4.78, 5) is 14.4. The number of fused-ring (bicyclic) bond motifs is 1. The molecule has 6 heteroatoms. The first kappa shape index (κ1) is 18.9. The third-order valence-electron chi connectivity index (χ3n) is 4.21. The van der Waals surface area contributed by atoms with Crippen molar-refractivity contribution in [2.45, 2.75) is 26.3 Å². The Bertz CT molecular complexity index is 736. The molecule has 0 spiro atoms. The molecular weight excluding hydrogens is 340 g/mol. The fourth-order valence-corrected chi connectivity index (χ4v) is 2.80. The average Bonchev–Trinajstić information content (AvgIpc) is 3.06. The molecule has 0 saturated carbocycles. The van der Waals surface area contributed by atoms with Gasteiger partial charge in [-0.25, -0.2) is 0 Å². The van der Waals surface area contributed by atoms with Crippen molar-refractivity contribution in [1.82, 2.24) is 4.90 Å². The predicted octanol–water partition coefficient (Wildman–Crippen LogP) is 3.40. The second kappa shape index (κ2) is 8.62. The van der Waals surface area contributed by atoms with Crippen LogP contribution in [-0.2, 0) is 17.8 Å². The molecule has 0 bridgehead atoms. The first-order valence-corrected chi connectivity index (χ1v) is 8.17. The summed E-state index contributed by atoms with van der Waals surface area (Å²) in [6.07, 6.45) is 1.11. The number of nitrogens with zero attached hydrogens (tertiary/aromatic N) is 1. The monoisotopic (exact) mass is 362 g/mol. The third-order valence-corrected chi connectivity index (χ3v) is 4.21. The van der Waals surface area contributed by atoms with E-state index in [0.717, 1.165) is 28.3 Å². The highest BCUT2D eigenvalue weighted by Crippen LogP contribution is 2.32. The normalized spacial score (nSPS) is 11.7. The van der Waals surface area contributed by atoms with E-state index in [1.165, 1.54) is 0 Å². The second-order valence-electron chi connectivity index (χ2n) is 5.79. The molecule has 5 nitrogen and oxygen atoms in total. The number of carbonyl (C=O) groups excluding carboxylic acids is 1. The Morgan fingerprint density at radius 2 is 1.92 bits per heavy atom. The van der Waals surface area contributed by atoms with Crippen LogP contribution in [0.5, 0.6) is 11.5 Å². The van der Waals surface area contributed by atoms with Crippen LogP contribution in [0.1, 0.15) is 24.5 Å². The van der Waals surface area contributed by atoms with Gasteiger partial charge >= 0.3 is 0 Å². The number of hydrogen-bond acceptors (Lipinski definition) is 4. The molecule has 1 heterocycles. The largest absolute Gasteiger partial charge is 0.454 e. The van der Waals surface area contributed by atoms with E-state index >= 15 is 0 Å². The highest BCUT2D eigenvalue weighted by Gasteiger charge is 2.16. The Hall–Kier alpha value is -2.40. The minimum atomic E-state index is 0. The van der Waals surface area contributed by atoms with E-state index in [1.807, 2.05) is 54.3 Å².